The monoisotopic (exact) mass is 215 g/mol. The second-order valence-corrected chi connectivity index (χ2v) is 3.20. The lowest BCUT2D eigenvalue weighted by molar-refractivity contribution is 0.0997. The van der Waals surface area contributed by atoms with Gasteiger partial charge >= 0.3 is 0 Å². The van der Waals surface area contributed by atoms with Crippen molar-refractivity contribution >= 4 is 5.91 Å². The zero-order chi connectivity index (χ0) is 12.0. The molecule has 0 spiro atoms. The van der Waals surface area contributed by atoms with Crippen molar-refractivity contribution < 1.29 is 9.53 Å². The van der Waals surface area contributed by atoms with Crippen LogP contribution in [0.1, 0.15) is 17.3 Å². The minimum Gasteiger partial charge on any atom is -0.489 e. The number of rotatable bonds is 4. The molecule has 0 radical (unpaired) electrons. The van der Waals surface area contributed by atoms with Crippen molar-refractivity contribution in [3.63, 3.8) is 0 Å². The van der Waals surface area contributed by atoms with Crippen molar-refractivity contribution in [3.05, 3.63) is 41.5 Å². The van der Waals surface area contributed by atoms with Crippen LogP contribution < -0.4 is 10.5 Å². The van der Waals surface area contributed by atoms with Crippen molar-refractivity contribution in [2.45, 2.75) is 6.92 Å². The number of primary amides is 1. The van der Waals surface area contributed by atoms with Crippen LogP contribution in [-0.2, 0) is 0 Å². The highest BCUT2D eigenvalue weighted by molar-refractivity contribution is 5.95. The molecule has 0 saturated heterocycles. The van der Waals surface area contributed by atoms with Gasteiger partial charge < -0.3 is 10.5 Å². The minimum absolute atomic E-state index is 0.320. The second kappa shape index (κ2) is 5.62. The largest absolute Gasteiger partial charge is 0.489 e. The molecule has 0 aliphatic rings. The second-order valence-electron chi connectivity index (χ2n) is 3.20. The summed E-state index contributed by atoms with van der Waals surface area (Å²) in [5.41, 5.74) is 6.36. The van der Waals surface area contributed by atoms with Gasteiger partial charge in [0.05, 0.1) is 5.56 Å². The maximum Gasteiger partial charge on any atom is 0.252 e. The molecule has 0 unspecified atom stereocenters. The maximum atomic E-state index is 11.1. The number of nitrogens with two attached hydrogens (primary N) is 1. The van der Waals surface area contributed by atoms with Gasteiger partial charge in [-0.25, -0.2) is 0 Å². The highest BCUT2D eigenvalue weighted by Gasteiger charge is 2.06. The standard InChI is InChI=1S/C13H13NO2/c1-3-10(2)8-9-16-12-7-5-4-6-11(12)13(14)15/h1,4-8H,9H2,2H3,(H2,14,15). The molecule has 0 bridgehead atoms. The molecule has 2 N–H and O–H groups in total. The van der Waals surface area contributed by atoms with E-state index in [-0.39, 0.29) is 0 Å². The lowest BCUT2D eigenvalue weighted by Gasteiger charge is -2.06. The van der Waals surface area contributed by atoms with E-state index >= 15 is 0 Å². The lowest BCUT2D eigenvalue weighted by atomic mass is 10.2. The molecule has 0 aliphatic carbocycles. The van der Waals surface area contributed by atoms with Crippen LogP contribution >= 0.6 is 0 Å². The van der Waals surface area contributed by atoms with E-state index < -0.39 is 5.91 Å². The smallest absolute Gasteiger partial charge is 0.252 e. The molecule has 0 atom stereocenters. The van der Waals surface area contributed by atoms with Crippen LogP contribution in [-0.4, -0.2) is 12.5 Å². The van der Waals surface area contributed by atoms with Gasteiger partial charge in [0.1, 0.15) is 12.4 Å². The Morgan fingerprint density at radius 2 is 2.25 bits per heavy atom. The molecule has 0 saturated carbocycles. The number of terminal acetylenes is 1. The van der Waals surface area contributed by atoms with Crippen LogP contribution in [0, 0.1) is 12.3 Å². The van der Waals surface area contributed by atoms with Gasteiger partial charge in [0.2, 0.25) is 0 Å². The topological polar surface area (TPSA) is 52.3 Å². The molecule has 0 aromatic heterocycles. The third kappa shape index (κ3) is 3.18. The Morgan fingerprint density at radius 1 is 1.56 bits per heavy atom. The highest BCUT2D eigenvalue weighted by atomic mass is 16.5. The van der Waals surface area contributed by atoms with Crippen LogP contribution in [0.4, 0.5) is 0 Å². The average Bonchev–Trinajstić information content (AvgIpc) is 2.29. The van der Waals surface area contributed by atoms with Gasteiger partial charge in [-0.05, 0) is 30.7 Å². The predicted molar refractivity (Wildman–Crippen MR) is 63.0 cm³/mol. The minimum atomic E-state index is -0.506. The van der Waals surface area contributed by atoms with Gasteiger partial charge in [0.15, 0.2) is 0 Å². The number of allylic oxidation sites excluding steroid dienone is 1. The summed E-state index contributed by atoms with van der Waals surface area (Å²) < 4.78 is 5.40. The number of carbonyl (C=O) groups is 1. The summed E-state index contributed by atoms with van der Waals surface area (Å²) in [7, 11) is 0. The Morgan fingerprint density at radius 3 is 2.88 bits per heavy atom. The fourth-order valence-corrected chi connectivity index (χ4v) is 1.11. The molecule has 0 heterocycles. The zero-order valence-electron chi connectivity index (χ0n) is 9.07. The van der Waals surface area contributed by atoms with Crippen molar-refractivity contribution in [2.75, 3.05) is 6.61 Å². The summed E-state index contributed by atoms with van der Waals surface area (Å²) in [6.07, 6.45) is 6.94. The van der Waals surface area contributed by atoms with Gasteiger partial charge in [0.25, 0.3) is 5.91 Å². The van der Waals surface area contributed by atoms with E-state index in [1.165, 1.54) is 0 Å². The lowest BCUT2D eigenvalue weighted by Crippen LogP contribution is -2.12. The normalized spacial score (nSPS) is 10.6. The number of amides is 1. The van der Waals surface area contributed by atoms with E-state index in [0.29, 0.717) is 17.9 Å². The Hall–Kier alpha value is -2.21. The van der Waals surface area contributed by atoms with E-state index in [1.54, 1.807) is 30.3 Å². The molecular formula is C13H13NO2. The molecule has 1 rings (SSSR count). The molecule has 0 fully saturated rings. The first kappa shape index (κ1) is 11.9. The van der Waals surface area contributed by atoms with Gasteiger partial charge in [-0.2, -0.15) is 0 Å². The average molecular weight is 215 g/mol. The number of para-hydroxylation sites is 1. The third-order valence-corrected chi connectivity index (χ3v) is 2.01. The highest BCUT2D eigenvalue weighted by Crippen LogP contribution is 2.17. The van der Waals surface area contributed by atoms with Gasteiger partial charge in [-0.15, -0.1) is 6.42 Å². The fraction of sp³-hybridized carbons (Fsp3) is 0.154. The SMILES string of the molecule is C#CC(C)=CCOc1ccccc1C(N)=O. The quantitative estimate of drug-likeness (QED) is 0.778. The number of benzene rings is 1. The summed E-state index contributed by atoms with van der Waals surface area (Å²) in [4.78, 5) is 11.1. The van der Waals surface area contributed by atoms with Gasteiger partial charge in [0, 0.05) is 0 Å². The van der Waals surface area contributed by atoms with Crippen LogP contribution in [0.5, 0.6) is 5.75 Å². The summed E-state index contributed by atoms with van der Waals surface area (Å²) in [6, 6.07) is 6.82. The molecular weight excluding hydrogens is 202 g/mol. The number of hydrogen-bond acceptors (Lipinski definition) is 2. The summed E-state index contributed by atoms with van der Waals surface area (Å²) in [5, 5.41) is 0. The molecule has 3 nitrogen and oxygen atoms in total. The Bertz CT molecular complexity index is 455. The third-order valence-electron chi connectivity index (χ3n) is 2.01. The van der Waals surface area contributed by atoms with Crippen molar-refractivity contribution in [3.8, 4) is 18.1 Å². The van der Waals surface area contributed by atoms with Gasteiger partial charge in [-0.1, -0.05) is 18.1 Å². The number of hydrogen-bond donors (Lipinski definition) is 1. The van der Waals surface area contributed by atoms with Crippen LogP contribution in [0.2, 0.25) is 0 Å². The van der Waals surface area contributed by atoms with E-state index in [4.69, 9.17) is 16.9 Å². The summed E-state index contributed by atoms with van der Waals surface area (Å²) >= 11 is 0. The summed E-state index contributed by atoms with van der Waals surface area (Å²) in [5.74, 6) is 2.44. The first-order valence-electron chi connectivity index (χ1n) is 4.80. The Balaban J connectivity index is 2.75. The molecule has 1 aromatic carbocycles. The number of carbonyl (C=O) groups excluding carboxylic acids is 1. The van der Waals surface area contributed by atoms with Crippen LogP contribution in [0.15, 0.2) is 35.9 Å². The molecule has 0 aliphatic heterocycles. The molecule has 16 heavy (non-hydrogen) atoms. The maximum absolute atomic E-state index is 11.1. The summed E-state index contributed by atoms with van der Waals surface area (Å²) in [6.45, 7) is 2.13. The molecule has 82 valence electrons. The molecule has 3 heteroatoms. The Kier molecular flexibility index (Phi) is 4.16. The predicted octanol–water partition coefficient (Wildman–Crippen LogP) is 1.74. The Labute approximate surface area is 94.9 Å². The van der Waals surface area contributed by atoms with Crippen molar-refractivity contribution in [2.24, 2.45) is 5.73 Å². The zero-order valence-corrected chi connectivity index (χ0v) is 9.07. The van der Waals surface area contributed by atoms with E-state index in [0.717, 1.165) is 5.57 Å². The van der Waals surface area contributed by atoms with Crippen molar-refractivity contribution in [1.82, 2.24) is 0 Å². The van der Waals surface area contributed by atoms with Crippen LogP contribution in [0.25, 0.3) is 0 Å². The van der Waals surface area contributed by atoms with E-state index in [9.17, 15) is 4.79 Å². The number of ether oxygens (including phenoxy) is 1. The van der Waals surface area contributed by atoms with Crippen LogP contribution in [0.3, 0.4) is 0 Å². The first-order chi connectivity index (χ1) is 7.65. The molecule has 1 aromatic rings. The van der Waals surface area contributed by atoms with Crippen molar-refractivity contribution in [1.29, 1.82) is 0 Å². The fourth-order valence-electron chi connectivity index (χ4n) is 1.11. The first-order valence-corrected chi connectivity index (χ1v) is 4.80. The van der Waals surface area contributed by atoms with Gasteiger partial charge in [-0.3, -0.25) is 4.79 Å². The molecule has 1 amide bonds. The van der Waals surface area contributed by atoms with E-state index in [2.05, 4.69) is 5.92 Å². The van der Waals surface area contributed by atoms with E-state index in [1.807, 2.05) is 6.92 Å².